The molecule has 1 aromatic carbocycles. The molecule has 0 saturated heterocycles. The first-order chi connectivity index (χ1) is 10.0. The number of Topliss-reactive ketones (excluding diaryl/α,β-unsaturated/α-hetero) is 1. The van der Waals surface area contributed by atoms with E-state index >= 15 is 0 Å². The third kappa shape index (κ3) is 3.11. The molecule has 2 rings (SSSR count). The van der Waals surface area contributed by atoms with Crippen LogP contribution in [-0.2, 0) is 6.54 Å². The van der Waals surface area contributed by atoms with Crippen LogP contribution >= 0.6 is 0 Å². The van der Waals surface area contributed by atoms with E-state index in [1.54, 1.807) is 30.3 Å². The van der Waals surface area contributed by atoms with Crippen molar-refractivity contribution >= 4 is 17.7 Å². The Labute approximate surface area is 119 Å². The SMILES string of the molecule is O=C(C[n+]1c(C(=O)O)cccc1C(=O)O)c1ccccc1. The summed E-state index contributed by atoms with van der Waals surface area (Å²) >= 11 is 0. The highest BCUT2D eigenvalue weighted by Crippen LogP contribution is 2.03. The van der Waals surface area contributed by atoms with E-state index in [2.05, 4.69) is 0 Å². The number of carboxylic acid groups (broad SMARTS) is 2. The van der Waals surface area contributed by atoms with Crippen LogP contribution in [0.2, 0.25) is 0 Å². The minimum atomic E-state index is -1.29. The van der Waals surface area contributed by atoms with E-state index in [1.807, 2.05) is 0 Å². The van der Waals surface area contributed by atoms with Crippen molar-refractivity contribution in [2.45, 2.75) is 6.54 Å². The normalized spacial score (nSPS) is 10.1. The minimum absolute atomic E-state index is 0.251. The average molecular weight is 286 g/mol. The van der Waals surface area contributed by atoms with E-state index in [0.717, 1.165) is 4.57 Å². The van der Waals surface area contributed by atoms with Crippen LogP contribution in [-0.4, -0.2) is 27.9 Å². The Morgan fingerprint density at radius 2 is 1.33 bits per heavy atom. The zero-order valence-corrected chi connectivity index (χ0v) is 10.9. The van der Waals surface area contributed by atoms with Gasteiger partial charge in [-0.25, -0.2) is 9.59 Å². The van der Waals surface area contributed by atoms with Crippen molar-refractivity contribution in [3.8, 4) is 0 Å². The summed E-state index contributed by atoms with van der Waals surface area (Å²) in [6, 6.07) is 12.1. The number of aromatic carboxylic acids is 2. The quantitative estimate of drug-likeness (QED) is 0.637. The molecule has 0 aliphatic rings. The van der Waals surface area contributed by atoms with E-state index < -0.39 is 11.9 Å². The van der Waals surface area contributed by atoms with Gasteiger partial charge in [-0.1, -0.05) is 30.3 Å². The number of pyridine rings is 1. The Morgan fingerprint density at radius 3 is 1.81 bits per heavy atom. The van der Waals surface area contributed by atoms with Crippen molar-refractivity contribution in [1.82, 2.24) is 0 Å². The molecule has 2 N–H and O–H groups in total. The van der Waals surface area contributed by atoms with Gasteiger partial charge in [0, 0.05) is 17.7 Å². The lowest BCUT2D eigenvalue weighted by Crippen LogP contribution is -2.48. The summed E-state index contributed by atoms with van der Waals surface area (Å²) in [7, 11) is 0. The maximum Gasteiger partial charge on any atom is 0.401 e. The van der Waals surface area contributed by atoms with Gasteiger partial charge in [-0.15, -0.1) is 0 Å². The summed E-state index contributed by atoms with van der Waals surface area (Å²) in [5.41, 5.74) is -0.111. The lowest BCUT2D eigenvalue weighted by atomic mass is 10.1. The van der Waals surface area contributed by atoms with Crippen LogP contribution in [0.25, 0.3) is 0 Å². The molecule has 0 aliphatic heterocycles. The monoisotopic (exact) mass is 286 g/mol. The first-order valence-corrected chi connectivity index (χ1v) is 6.08. The second-order valence-corrected chi connectivity index (χ2v) is 4.28. The number of hydrogen-bond donors (Lipinski definition) is 2. The van der Waals surface area contributed by atoms with Crippen molar-refractivity contribution in [1.29, 1.82) is 0 Å². The highest BCUT2D eigenvalue weighted by molar-refractivity contribution is 5.95. The lowest BCUT2D eigenvalue weighted by Gasteiger charge is -2.03. The molecule has 0 fully saturated rings. The molecule has 0 spiro atoms. The van der Waals surface area contributed by atoms with Gasteiger partial charge in [0.15, 0.2) is 0 Å². The maximum absolute atomic E-state index is 12.2. The van der Waals surface area contributed by atoms with Crippen LogP contribution in [0.4, 0.5) is 0 Å². The second kappa shape index (κ2) is 5.96. The predicted octanol–water partition coefficient (Wildman–Crippen LogP) is 1.25. The van der Waals surface area contributed by atoms with Gasteiger partial charge in [-0.3, -0.25) is 4.79 Å². The van der Waals surface area contributed by atoms with Gasteiger partial charge in [-0.2, -0.15) is 4.57 Å². The fourth-order valence-electron chi connectivity index (χ4n) is 1.94. The van der Waals surface area contributed by atoms with E-state index in [9.17, 15) is 14.4 Å². The van der Waals surface area contributed by atoms with Crippen LogP contribution in [0.15, 0.2) is 48.5 Å². The van der Waals surface area contributed by atoms with Gasteiger partial charge in [0.25, 0.3) is 11.4 Å². The first-order valence-electron chi connectivity index (χ1n) is 6.08. The number of rotatable bonds is 5. The molecule has 1 heterocycles. The van der Waals surface area contributed by atoms with Gasteiger partial charge >= 0.3 is 11.9 Å². The molecule has 1 aromatic heterocycles. The largest absolute Gasteiger partial charge is 0.473 e. The molecule has 6 nitrogen and oxygen atoms in total. The second-order valence-electron chi connectivity index (χ2n) is 4.28. The van der Waals surface area contributed by atoms with Crippen molar-refractivity contribution in [2.75, 3.05) is 0 Å². The summed E-state index contributed by atoms with van der Waals surface area (Å²) in [5, 5.41) is 18.3. The molecule has 0 unspecified atom stereocenters. The van der Waals surface area contributed by atoms with Crippen molar-refractivity contribution in [2.24, 2.45) is 0 Å². The number of ketones is 1. The lowest BCUT2D eigenvalue weighted by molar-refractivity contribution is -0.688. The Morgan fingerprint density at radius 1 is 0.810 bits per heavy atom. The van der Waals surface area contributed by atoms with Gasteiger partial charge in [0.05, 0.1) is 0 Å². The molecule has 0 saturated carbocycles. The molecule has 0 amide bonds. The van der Waals surface area contributed by atoms with Crippen LogP contribution in [0.1, 0.15) is 31.3 Å². The van der Waals surface area contributed by atoms with Crippen molar-refractivity contribution in [3.63, 3.8) is 0 Å². The van der Waals surface area contributed by atoms with Crippen molar-refractivity contribution in [3.05, 3.63) is 65.5 Å². The topological polar surface area (TPSA) is 95.5 Å². The molecule has 0 aliphatic carbocycles. The minimum Gasteiger partial charge on any atom is -0.473 e. The summed E-state index contributed by atoms with van der Waals surface area (Å²) in [6.45, 7) is -0.353. The van der Waals surface area contributed by atoms with Crippen LogP contribution in [0.3, 0.4) is 0 Å². The zero-order chi connectivity index (χ0) is 15.4. The molecular weight excluding hydrogens is 274 g/mol. The Balaban J connectivity index is 2.45. The van der Waals surface area contributed by atoms with Gasteiger partial charge in [0.1, 0.15) is 0 Å². The van der Waals surface area contributed by atoms with Crippen LogP contribution in [0, 0.1) is 0 Å². The Hall–Kier alpha value is -3.02. The Kier molecular flexibility index (Phi) is 4.08. The van der Waals surface area contributed by atoms with E-state index in [0.29, 0.717) is 5.56 Å². The number of hydrogen-bond acceptors (Lipinski definition) is 3. The van der Waals surface area contributed by atoms with Gasteiger partial charge in [0.2, 0.25) is 12.3 Å². The van der Waals surface area contributed by atoms with Crippen molar-refractivity contribution < 1.29 is 29.2 Å². The highest BCUT2D eigenvalue weighted by atomic mass is 16.4. The molecule has 21 heavy (non-hydrogen) atoms. The predicted molar refractivity (Wildman–Crippen MR) is 71.3 cm³/mol. The standard InChI is InChI=1S/C15H11NO5/c17-13(10-5-2-1-3-6-10)9-16-11(14(18)19)7-4-8-12(16)15(20)21/h1-8H,9H2,(H-,18,19,20,21)/p+1. The molecule has 0 atom stereocenters. The number of carbonyl (C=O) groups excluding carboxylic acids is 1. The summed E-state index contributed by atoms with van der Waals surface area (Å²) in [4.78, 5) is 34.5. The summed E-state index contributed by atoms with van der Waals surface area (Å²) < 4.78 is 0.986. The number of aromatic nitrogens is 1. The number of benzene rings is 1. The molecule has 0 bridgehead atoms. The zero-order valence-electron chi connectivity index (χ0n) is 10.9. The molecule has 6 heteroatoms. The smallest absolute Gasteiger partial charge is 0.401 e. The maximum atomic E-state index is 12.2. The summed E-state index contributed by atoms with van der Waals surface area (Å²) in [5.74, 6) is -2.95. The van der Waals surface area contributed by atoms with Gasteiger partial charge < -0.3 is 10.2 Å². The fourth-order valence-corrected chi connectivity index (χ4v) is 1.94. The number of nitrogens with zero attached hydrogens (tertiary/aromatic N) is 1. The van der Waals surface area contributed by atoms with E-state index in [1.165, 1.54) is 18.2 Å². The first kappa shape index (κ1) is 14.4. The third-order valence-corrected chi connectivity index (χ3v) is 2.93. The average Bonchev–Trinajstić information content (AvgIpc) is 2.47. The van der Waals surface area contributed by atoms with Crippen LogP contribution in [0.5, 0.6) is 0 Å². The molecule has 0 radical (unpaired) electrons. The third-order valence-electron chi connectivity index (χ3n) is 2.93. The van der Waals surface area contributed by atoms with E-state index in [-0.39, 0.29) is 23.7 Å². The summed E-state index contributed by atoms with van der Waals surface area (Å²) in [6.07, 6.45) is 0. The Bertz CT molecular complexity index is 677. The van der Waals surface area contributed by atoms with Crippen LogP contribution < -0.4 is 4.57 Å². The fraction of sp³-hybridized carbons (Fsp3) is 0.0667. The number of carboxylic acids is 2. The van der Waals surface area contributed by atoms with Gasteiger partial charge in [-0.05, 0) is 6.07 Å². The van der Waals surface area contributed by atoms with E-state index in [4.69, 9.17) is 10.2 Å². The molecular formula is C15H12NO5+. The number of carbonyl (C=O) groups is 3. The highest BCUT2D eigenvalue weighted by Gasteiger charge is 2.28. The molecule has 2 aromatic rings. The molecule has 106 valence electrons.